The van der Waals surface area contributed by atoms with E-state index in [0.717, 1.165) is 5.75 Å². The molecule has 0 radical (unpaired) electrons. The molecule has 1 aromatic carbocycles. The van der Waals surface area contributed by atoms with Crippen molar-refractivity contribution < 1.29 is 24.1 Å². The Bertz CT molecular complexity index is 452. The fourth-order valence-electron chi connectivity index (χ4n) is 1.65. The molecule has 0 aromatic heterocycles. The zero-order chi connectivity index (χ0) is 15.7. The van der Waals surface area contributed by atoms with Crippen LogP contribution < -0.4 is 9.47 Å². The minimum Gasteiger partial charge on any atom is -0.497 e. The van der Waals surface area contributed by atoms with E-state index in [-0.39, 0.29) is 0 Å². The maximum absolute atomic E-state index is 11.3. The summed E-state index contributed by atoms with van der Waals surface area (Å²) in [5.74, 6) is 0.850. The van der Waals surface area contributed by atoms with Crippen LogP contribution in [0.25, 0.3) is 0 Å². The lowest BCUT2D eigenvalue weighted by Gasteiger charge is -2.20. The Morgan fingerprint density at radius 2 is 1.86 bits per heavy atom. The van der Waals surface area contributed by atoms with Crippen molar-refractivity contribution in [3.63, 3.8) is 0 Å². The van der Waals surface area contributed by atoms with E-state index in [9.17, 15) is 9.90 Å². The number of benzene rings is 1. The molecule has 0 saturated carbocycles. The summed E-state index contributed by atoms with van der Waals surface area (Å²) in [6.07, 6.45) is 1.96. The maximum Gasteiger partial charge on any atom is 0.330 e. The molecule has 0 unspecified atom stereocenters. The Labute approximate surface area is 125 Å². The molecule has 0 saturated heterocycles. The fraction of sp³-hybridized carbons (Fsp3) is 0.438. The van der Waals surface area contributed by atoms with E-state index in [1.54, 1.807) is 38.3 Å². The lowest BCUT2D eigenvalue weighted by molar-refractivity contribution is -0.137. The number of aliphatic hydroxyl groups excluding tert-OH is 1. The van der Waals surface area contributed by atoms with Crippen molar-refractivity contribution in [3.05, 3.63) is 36.4 Å². The molecule has 21 heavy (non-hydrogen) atoms. The summed E-state index contributed by atoms with van der Waals surface area (Å²) in [5, 5.41) is 9.97. The summed E-state index contributed by atoms with van der Waals surface area (Å²) in [6.45, 7) is 3.88. The minimum atomic E-state index is -0.710. The number of rotatable bonds is 8. The number of hydrogen-bond donors (Lipinski definition) is 1. The number of methoxy groups -OCH3 is 1. The zero-order valence-electron chi connectivity index (χ0n) is 12.6. The fourth-order valence-corrected chi connectivity index (χ4v) is 1.65. The second-order valence-corrected chi connectivity index (χ2v) is 4.34. The Balaban J connectivity index is 2.75. The van der Waals surface area contributed by atoms with Crippen LogP contribution >= 0.6 is 0 Å². The predicted molar refractivity (Wildman–Crippen MR) is 79.5 cm³/mol. The van der Waals surface area contributed by atoms with Gasteiger partial charge in [0.1, 0.15) is 17.6 Å². The normalized spacial score (nSPS) is 13.7. The van der Waals surface area contributed by atoms with Gasteiger partial charge in [-0.1, -0.05) is 6.92 Å². The van der Waals surface area contributed by atoms with Gasteiger partial charge in [-0.15, -0.1) is 0 Å². The third-order valence-corrected chi connectivity index (χ3v) is 2.84. The molecule has 5 heteroatoms. The molecular formula is C16H22O5. The predicted octanol–water partition coefficient (Wildman–Crippen LogP) is 2.33. The SMILES string of the molecule is CCOC(=O)/C=C/[C@@H](Oc1ccc(OC)cc1)[C@H](O)CC. The molecule has 0 amide bonds. The molecule has 1 rings (SSSR count). The maximum atomic E-state index is 11.3. The van der Waals surface area contributed by atoms with Gasteiger partial charge in [-0.25, -0.2) is 4.79 Å². The van der Waals surface area contributed by atoms with Crippen LogP contribution in [0.1, 0.15) is 20.3 Å². The number of aliphatic hydroxyl groups is 1. The van der Waals surface area contributed by atoms with Gasteiger partial charge >= 0.3 is 5.97 Å². The van der Waals surface area contributed by atoms with Crippen LogP contribution in [0.15, 0.2) is 36.4 Å². The van der Waals surface area contributed by atoms with Crippen molar-refractivity contribution in [2.45, 2.75) is 32.5 Å². The third-order valence-electron chi connectivity index (χ3n) is 2.84. The molecular weight excluding hydrogens is 272 g/mol. The van der Waals surface area contributed by atoms with E-state index in [1.165, 1.54) is 12.2 Å². The van der Waals surface area contributed by atoms with Crippen LogP contribution in [-0.2, 0) is 9.53 Å². The van der Waals surface area contributed by atoms with E-state index < -0.39 is 18.2 Å². The Morgan fingerprint density at radius 3 is 2.38 bits per heavy atom. The van der Waals surface area contributed by atoms with Crippen LogP contribution in [0.2, 0.25) is 0 Å². The van der Waals surface area contributed by atoms with Gasteiger partial charge in [-0.3, -0.25) is 0 Å². The average molecular weight is 294 g/mol. The molecule has 0 aliphatic rings. The van der Waals surface area contributed by atoms with Crippen molar-refractivity contribution in [3.8, 4) is 11.5 Å². The summed E-state index contributed by atoms with van der Waals surface area (Å²) in [4.78, 5) is 11.3. The molecule has 5 nitrogen and oxygen atoms in total. The van der Waals surface area contributed by atoms with Crippen LogP contribution in [0.5, 0.6) is 11.5 Å². The van der Waals surface area contributed by atoms with Crippen molar-refractivity contribution in [2.24, 2.45) is 0 Å². The molecule has 0 bridgehead atoms. The van der Waals surface area contributed by atoms with Crippen LogP contribution in [0.3, 0.4) is 0 Å². The Kier molecular flexibility index (Phi) is 7.32. The molecule has 0 spiro atoms. The first-order chi connectivity index (χ1) is 10.1. The highest BCUT2D eigenvalue weighted by atomic mass is 16.5. The lowest BCUT2D eigenvalue weighted by atomic mass is 10.1. The second-order valence-electron chi connectivity index (χ2n) is 4.34. The van der Waals surface area contributed by atoms with Crippen LogP contribution in [0.4, 0.5) is 0 Å². The van der Waals surface area contributed by atoms with Crippen molar-refractivity contribution in [2.75, 3.05) is 13.7 Å². The molecule has 0 aliphatic carbocycles. The van der Waals surface area contributed by atoms with Crippen molar-refractivity contribution in [1.82, 2.24) is 0 Å². The number of carbonyl (C=O) groups is 1. The first-order valence-electron chi connectivity index (χ1n) is 6.94. The molecule has 0 fully saturated rings. The minimum absolute atomic E-state index is 0.309. The van der Waals surface area contributed by atoms with Gasteiger partial charge in [0.15, 0.2) is 0 Å². The molecule has 116 valence electrons. The number of carbonyl (C=O) groups excluding carboxylic acids is 1. The zero-order valence-corrected chi connectivity index (χ0v) is 12.6. The van der Waals surface area contributed by atoms with E-state index in [4.69, 9.17) is 14.2 Å². The number of hydrogen-bond acceptors (Lipinski definition) is 5. The summed E-state index contributed by atoms with van der Waals surface area (Å²) < 4.78 is 15.6. The highest BCUT2D eigenvalue weighted by molar-refractivity contribution is 5.81. The lowest BCUT2D eigenvalue weighted by Crippen LogP contribution is -2.29. The second kappa shape index (κ2) is 9.02. The molecule has 1 N–H and O–H groups in total. The van der Waals surface area contributed by atoms with E-state index >= 15 is 0 Å². The summed E-state index contributed by atoms with van der Waals surface area (Å²) in [5.41, 5.74) is 0. The van der Waals surface area contributed by atoms with Crippen molar-refractivity contribution in [1.29, 1.82) is 0 Å². The van der Waals surface area contributed by atoms with E-state index in [1.807, 2.05) is 6.92 Å². The largest absolute Gasteiger partial charge is 0.497 e. The smallest absolute Gasteiger partial charge is 0.330 e. The van der Waals surface area contributed by atoms with Gasteiger partial charge in [-0.2, -0.15) is 0 Å². The monoisotopic (exact) mass is 294 g/mol. The highest BCUT2D eigenvalue weighted by Gasteiger charge is 2.17. The first-order valence-corrected chi connectivity index (χ1v) is 6.94. The van der Waals surface area contributed by atoms with Crippen LogP contribution in [-0.4, -0.2) is 37.0 Å². The highest BCUT2D eigenvalue weighted by Crippen LogP contribution is 2.20. The molecule has 1 aromatic rings. The van der Waals surface area contributed by atoms with Gasteiger partial charge in [0.25, 0.3) is 0 Å². The van der Waals surface area contributed by atoms with Gasteiger partial charge in [-0.05, 0) is 43.7 Å². The van der Waals surface area contributed by atoms with Gasteiger partial charge < -0.3 is 19.3 Å². The molecule has 2 atom stereocenters. The van der Waals surface area contributed by atoms with Gasteiger partial charge in [0.2, 0.25) is 0 Å². The average Bonchev–Trinajstić information content (AvgIpc) is 2.51. The topological polar surface area (TPSA) is 65.0 Å². The third kappa shape index (κ3) is 5.87. The standard InChI is InChI=1S/C16H22O5/c1-4-14(17)15(10-11-16(18)20-5-2)21-13-8-6-12(19-3)7-9-13/h6-11,14-15,17H,4-5H2,1-3H3/b11-10+/t14-,15-/m1/s1. The van der Waals surface area contributed by atoms with Crippen molar-refractivity contribution >= 4 is 5.97 Å². The Morgan fingerprint density at radius 1 is 1.24 bits per heavy atom. The van der Waals surface area contributed by atoms with Crippen LogP contribution in [0, 0.1) is 0 Å². The summed E-state index contributed by atoms with van der Waals surface area (Å²) >= 11 is 0. The summed E-state index contributed by atoms with van der Waals surface area (Å²) in [6, 6.07) is 7.01. The number of esters is 1. The van der Waals surface area contributed by atoms with E-state index in [2.05, 4.69) is 0 Å². The number of ether oxygens (including phenoxy) is 3. The quantitative estimate of drug-likeness (QED) is 0.589. The molecule has 0 heterocycles. The van der Waals surface area contributed by atoms with Gasteiger partial charge in [0, 0.05) is 6.08 Å². The van der Waals surface area contributed by atoms with E-state index in [0.29, 0.717) is 18.8 Å². The Hall–Kier alpha value is -2.01. The first kappa shape index (κ1) is 17.0. The van der Waals surface area contributed by atoms with Gasteiger partial charge in [0.05, 0.1) is 19.8 Å². The summed E-state index contributed by atoms with van der Waals surface area (Å²) in [7, 11) is 1.58. The molecule has 0 aliphatic heterocycles.